The molecule has 2 N–H and O–H groups in total. The van der Waals surface area contributed by atoms with E-state index in [9.17, 15) is 14.3 Å². The second-order valence-electron chi connectivity index (χ2n) is 5.15. The highest BCUT2D eigenvalue weighted by Gasteiger charge is 2.35. The number of likely N-dealkylation sites (tertiary alicyclic amines) is 1. The summed E-state index contributed by atoms with van der Waals surface area (Å²) in [5.41, 5.74) is 1.21. The van der Waals surface area contributed by atoms with E-state index >= 15 is 0 Å². The highest BCUT2D eigenvalue weighted by molar-refractivity contribution is 7.15. The Morgan fingerprint density at radius 1 is 1.45 bits per heavy atom. The molecular weight excluding hydrogens is 327 g/mol. The first kappa shape index (κ1) is 15.3. The van der Waals surface area contributed by atoms with Crippen LogP contribution in [0.4, 0.5) is 14.9 Å². The zero-order valence-corrected chi connectivity index (χ0v) is 13.1. The molecule has 3 rings (SSSR count). The highest BCUT2D eigenvalue weighted by Crippen LogP contribution is 2.34. The smallest absolute Gasteiger partial charge is 0.322 e. The van der Waals surface area contributed by atoms with Crippen LogP contribution in [0.25, 0.3) is 0 Å². The summed E-state index contributed by atoms with van der Waals surface area (Å²) in [6.45, 7) is 0.203. The molecule has 0 saturated carbocycles. The van der Waals surface area contributed by atoms with Crippen molar-refractivity contribution in [1.29, 1.82) is 0 Å². The molecule has 4 nitrogen and oxygen atoms in total. The maximum absolute atomic E-state index is 13.4. The number of amides is 2. The van der Waals surface area contributed by atoms with E-state index < -0.39 is 6.10 Å². The molecule has 1 aromatic carbocycles. The summed E-state index contributed by atoms with van der Waals surface area (Å²) in [6, 6.07) is 7.10. The average molecular weight is 341 g/mol. The normalized spacial score (nSPS) is 21.1. The second kappa shape index (κ2) is 6.24. The first-order valence-corrected chi connectivity index (χ1v) is 8.04. The third-order valence-corrected chi connectivity index (χ3v) is 4.80. The number of β-amino-alcohol motifs (C(OH)–C–C–N with tert-alkyl or cyclic N) is 1. The van der Waals surface area contributed by atoms with Crippen molar-refractivity contribution in [2.75, 3.05) is 11.9 Å². The molecular formula is C15H14ClFN2O2S. The van der Waals surface area contributed by atoms with E-state index in [0.717, 1.165) is 0 Å². The number of carbonyl (C=O) groups excluding carboxylic acids is 1. The van der Waals surface area contributed by atoms with E-state index in [1.165, 1.54) is 28.4 Å². The zero-order chi connectivity index (χ0) is 15.7. The molecule has 116 valence electrons. The van der Waals surface area contributed by atoms with Crippen LogP contribution in [0, 0.1) is 5.82 Å². The fourth-order valence-electron chi connectivity index (χ4n) is 2.64. The molecule has 1 aliphatic heterocycles. The largest absolute Gasteiger partial charge is 0.391 e. The topological polar surface area (TPSA) is 52.6 Å². The number of carbonyl (C=O) groups is 1. The molecule has 0 aliphatic carbocycles. The number of anilines is 1. The van der Waals surface area contributed by atoms with Gasteiger partial charge in [0.1, 0.15) is 10.2 Å². The lowest BCUT2D eigenvalue weighted by Crippen LogP contribution is -2.35. The molecule has 22 heavy (non-hydrogen) atoms. The number of nitrogens with zero attached hydrogens (tertiary/aromatic N) is 1. The van der Waals surface area contributed by atoms with Gasteiger partial charge in [0.05, 0.1) is 17.8 Å². The second-order valence-corrected chi connectivity index (χ2v) is 6.67. The summed E-state index contributed by atoms with van der Waals surface area (Å²) in [5, 5.41) is 14.4. The van der Waals surface area contributed by atoms with Crippen molar-refractivity contribution in [3.05, 3.63) is 51.4 Å². The van der Waals surface area contributed by atoms with Crippen molar-refractivity contribution in [1.82, 2.24) is 4.90 Å². The van der Waals surface area contributed by atoms with Gasteiger partial charge >= 0.3 is 6.03 Å². The molecule has 2 amide bonds. The van der Waals surface area contributed by atoms with Crippen molar-refractivity contribution in [2.24, 2.45) is 0 Å². The number of aliphatic hydroxyl groups is 1. The van der Waals surface area contributed by atoms with Crippen LogP contribution in [0.5, 0.6) is 0 Å². The number of nitrogens with one attached hydrogen (secondary N) is 1. The number of rotatable bonds is 2. The van der Waals surface area contributed by atoms with E-state index in [4.69, 9.17) is 11.6 Å². The Bertz CT molecular complexity index is 694. The fraction of sp³-hybridized carbons (Fsp3) is 0.267. The SMILES string of the molecule is O=C(Nc1ccsc1Cl)N1CC(O)CC1c1cccc(F)c1. The first-order valence-electron chi connectivity index (χ1n) is 6.78. The summed E-state index contributed by atoms with van der Waals surface area (Å²) in [7, 11) is 0. The summed E-state index contributed by atoms with van der Waals surface area (Å²) in [5.74, 6) is -0.361. The van der Waals surface area contributed by atoms with E-state index in [1.54, 1.807) is 23.6 Å². The van der Waals surface area contributed by atoms with Crippen molar-refractivity contribution in [3.63, 3.8) is 0 Å². The van der Waals surface area contributed by atoms with Crippen LogP contribution in [-0.2, 0) is 0 Å². The lowest BCUT2D eigenvalue weighted by atomic mass is 10.0. The monoisotopic (exact) mass is 340 g/mol. The molecule has 7 heteroatoms. The Hall–Kier alpha value is -1.63. The molecule has 2 aromatic rings. The van der Waals surface area contributed by atoms with E-state index in [-0.39, 0.29) is 24.4 Å². The summed E-state index contributed by atoms with van der Waals surface area (Å²) in [4.78, 5) is 13.9. The van der Waals surface area contributed by atoms with Gasteiger partial charge in [-0.25, -0.2) is 9.18 Å². The van der Waals surface area contributed by atoms with Crippen molar-refractivity contribution in [3.8, 4) is 0 Å². The van der Waals surface area contributed by atoms with E-state index in [2.05, 4.69) is 5.32 Å². The minimum atomic E-state index is -0.628. The van der Waals surface area contributed by atoms with Gasteiger partial charge in [-0.3, -0.25) is 0 Å². The number of thiophene rings is 1. The third kappa shape index (κ3) is 3.09. The molecule has 2 unspecified atom stereocenters. The van der Waals surface area contributed by atoms with Crippen molar-refractivity contribution in [2.45, 2.75) is 18.6 Å². The number of hydrogen-bond donors (Lipinski definition) is 2. The van der Waals surface area contributed by atoms with Crippen LogP contribution in [0.1, 0.15) is 18.0 Å². The number of aliphatic hydroxyl groups excluding tert-OH is 1. The Morgan fingerprint density at radius 3 is 2.95 bits per heavy atom. The molecule has 1 aliphatic rings. The number of urea groups is 1. The predicted molar refractivity (Wildman–Crippen MR) is 84.8 cm³/mol. The molecule has 0 bridgehead atoms. The predicted octanol–water partition coefficient (Wildman–Crippen LogP) is 3.88. The Morgan fingerprint density at radius 2 is 2.27 bits per heavy atom. The van der Waals surface area contributed by atoms with Crippen LogP contribution >= 0.6 is 22.9 Å². The van der Waals surface area contributed by atoms with Crippen LogP contribution in [0.15, 0.2) is 35.7 Å². The quantitative estimate of drug-likeness (QED) is 0.871. The lowest BCUT2D eigenvalue weighted by molar-refractivity contribution is 0.175. The molecule has 0 radical (unpaired) electrons. The van der Waals surface area contributed by atoms with Gasteiger partial charge in [-0.2, -0.15) is 0 Å². The van der Waals surface area contributed by atoms with Crippen molar-refractivity contribution >= 4 is 34.7 Å². The zero-order valence-electron chi connectivity index (χ0n) is 11.5. The number of benzene rings is 1. The molecule has 1 fully saturated rings. The number of halogens is 2. The van der Waals surface area contributed by atoms with Gasteiger partial charge in [-0.1, -0.05) is 23.7 Å². The van der Waals surface area contributed by atoms with Crippen LogP contribution in [0.3, 0.4) is 0 Å². The highest BCUT2D eigenvalue weighted by atomic mass is 35.5. The van der Waals surface area contributed by atoms with E-state index in [1.807, 2.05) is 0 Å². The minimum absolute atomic E-state index is 0.203. The van der Waals surface area contributed by atoms with Gasteiger partial charge < -0.3 is 15.3 Å². The van der Waals surface area contributed by atoms with Crippen LogP contribution < -0.4 is 5.32 Å². The Balaban J connectivity index is 1.81. The molecule has 0 spiro atoms. The fourth-order valence-corrected chi connectivity index (χ4v) is 3.47. The first-order chi connectivity index (χ1) is 10.5. The average Bonchev–Trinajstić information content (AvgIpc) is 3.05. The van der Waals surface area contributed by atoms with Crippen molar-refractivity contribution < 1.29 is 14.3 Å². The maximum Gasteiger partial charge on any atom is 0.322 e. The number of hydrogen-bond acceptors (Lipinski definition) is 3. The minimum Gasteiger partial charge on any atom is -0.391 e. The van der Waals surface area contributed by atoms with Gasteiger partial charge in [0, 0.05) is 6.54 Å². The Kier molecular flexibility index (Phi) is 4.33. The molecule has 1 saturated heterocycles. The maximum atomic E-state index is 13.4. The van der Waals surface area contributed by atoms with Crippen LogP contribution in [0.2, 0.25) is 4.34 Å². The molecule has 2 heterocycles. The lowest BCUT2D eigenvalue weighted by Gasteiger charge is -2.25. The van der Waals surface area contributed by atoms with Gasteiger partial charge in [-0.15, -0.1) is 11.3 Å². The summed E-state index contributed by atoms with van der Waals surface area (Å²) in [6.07, 6.45) is -0.245. The van der Waals surface area contributed by atoms with Gasteiger partial charge in [0.25, 0.3) is 0 Å². The summed E-state index contributed by atoms with van der Waals surface area (Å²) >= 11 is 7.30. The van der Waals surface area contributed by atoms with Crippen LogP contribution in [-0.4, -0.2) is 28.7 Å². The summed E-state index contributed by atoms with van der Waals surface area (Å²) < 4.78 is 13.9. The van der Waals surface area contributed by atoms with Gasteiger partial charge in [-0.05, 0) is 35.6 Å². The van der Waals surface area contributed by atoms with E-state index in [0.29, 0.717) is 22.0 Å². The van der Waals surface area contributed by atoms with Gasteiger partial charge in [0.15, 0.2) is 0 Å². The molecule has 1 aromatic heterocycles. The molecule has 2 atom stereocenters. The Labute approximate surface area is 136 Å². The standard InChI is InChI=1S/C15H14ClFN2O2S/c16-14-12(4-5-22-14)18-15(21)19-8-11(20)7-13(19)9-2-1-3-10(17)6-9/h1-6,11,13,20H,7-8H2,(H,18,21). The van der Waals surface area contributed by atoms with Gasteiger partial charge in [0.2, 0.25) is 0 Å². The third-order valence-electron chi connectivity index (χ3n) is 3.63.